The van der Waals surface area contributed by atoms with Crippen LogP contribution in [0.5, 0.6) is 0 Å². The summed E-state index contributed by atoms with van der Waals surface area (Å²) in [6.07, 6.45) is 0.678. The minimum atomic E-state index is -0.337. The molecule has 1 aromatic carbocycles. The normalized spacial score (nSPS) is 24.6. The second kappa shape index (κ2) is 5.36. The summed E-state index contributed by atoms with van der Waals surface area (Å²) in [5.74, 6) is -0.436. The van der Waals surface area contributed by atoms with Gasteiger partial charge in [-0.3, -0.25) is 14.6 Å². The lowest BCUT2D eigenvalue weighted by Crippen LogP contribution is -2.47. The first-order valence-corrected chi connectivity index (χ1v) is 7.31. The van der Waals surface area contributed by atoms with Crippen molar-refractivity contribution in [1.29, 1.82) is 0 Å². The highest BCUT2D eigenvalue weighted by Crippen LogP contribution is 2.36. The van der Waals surface area contributed by atoms with Crippen LogP contribution in [0.25, 0.3) is 0 Å². The Hall–Kier alpha value is -2.50. The summed E-state index contributed by atoms with van der Waals surface area (Å²) in [4.78, 5) is 24.3. The maximum absolute atomic E-state index is 12.2. The lowest BCUT2D eigenvalue weighted by molar-refractivity contribution is -0.130. The van der Waals surface area contributed by atoms with E-state index in [0.717, 1.165) is 5.69 Å². The van der Waals surface area contributed by atoms with Gasteiger partial charge in [0.05, 0.1) is 29.0 Å². The van der Waals surface area contributed by atoms with E-state index in [1.807, 2.05) is 42.3 Å². The summed E-state index contributed by atoms with van der Waals surface area (Å²) < 4.78 is 0. The first kappa shape index (κ1) is 14.4. The van der Waals surface area contributed by atoms with Gasteiger partial charge in [-0.15, -0.1) is 5.11 Å². The molecule has 1 saturated heterocycles. The number of allylic oxidation sites excluding steroid dienone is 1. The molecule has 0 spiro atoms. The summed E-state index contributed by atoms with van der Waals surface area (Å²) in [7, 11) is 0. The fourth-order valence-corrected chi connectivity index (χ4v) is 3.22. The highest BCUT2D eigenvalue weighted by molar-refractivity contribution is 5.98. The molecule has 1 fully saturated rings. The van der Waals surface area contributed by atoms with Crippen LogP contribution in [0.2, 0.25) is 0 Å². The Morgan fingerprint density at radius 2 is 1.91 bits per heavy atom. The summed E-state index contributed by atoms with van der Waals surface area (Å²) >= 11 is 0. The van der Waals surface area contributed by atoms with Gasteiger partial charge < -0.3 is 0 Å². The lowest BCUT2D eigenvalue weighted by atomic mass is 10.00. The van der Waals surface area contributed by atoms with Crippen LogP contribution in [0.3, 0.4) is 0 Å². The smallest absolute Gasteiger partial charge is 0.280 e. The topological polar surface area (TPSA) is 65.3 Å². The fraction of sp³-hybridized carbons (Fsp3) is 0.375. The van der Waals surface area contributed by atoms with Gasteiger partial charge in [0.1, 0.15) is 0 Å². The molecular weight excluding hydrogens is 280 g/mol. The highest BCUT2D eigenvalue weighted by atomic mass is 16.2. The molecule has 0 bridgehead atoms. The van der Waals surface area contributed by atoms with Gasteiger partial charge in [-0.2, -0.15) is 5.11 Å². The number of carbonyl (C=O) groups is 2. The lowest BCUT2D eigenvalue weighted by Gasteiger charge is -2.34. The Balaban J connectivity index is 2.02. The largest absolute Gasteiger partial charge is 0.295 e. The summed E-state index contributed by atoms with van der Waals surface area (Å²) in [6.45, 7) is 5.33. The van der Waals surface area contributed by atoms with Crippen molar-refractivity contribution < 1.29 is 9.59 Å². The number of hydrazine groups is 1. The van der Waals surface area contributed by atoms with Crippen molar-refractivity contribution in [1.82, 2.24) is 5.01 Å². The number of anilines is 1. The van der Waals surface area contributed by atoms with Crippen LogP contribution in [0.1, 0.15) is 27.2 Å². The average molecular weight is 298 g/mol. The molecule has 2 heterocycles. The van der Waals surface area contributed by atoms with E-state index in [2.05, 4.69) is 10.2 Å². The molecule has 0 radical (unpaired) electrons. The van der Waals surface area contributed by atoms with Crippen molar-refractivity contribution in [2.24, 2.45) is 10.2 Å². The van der Waals surface area contributed by atoms with E-state index in [-0.39, 0.29) is 23.9 Å². The van der Waals surface area contributed by atoms with Gasteiger partial charge in [-0.25, -0.2) is 5.01 Å². The van der Waals surface area contributed by atoms with Crippen LogP contribution < -0.4 is 5.01 Å². The van der Waals surface area contributed by atoms with Crippen molar-refractivity contribution in [2.75, 3.05) is 5.01 Å². The molecule has 1 aromatic rings. The maximum atomic E-state index is 12.2. The van der Waals surface area contributed by atoms with E-state index in [1.165, 1.54) is 6.92 Å². The average Bonchev–Trinajstić information content (AvgIpc) is 2.99. The van der Waals surface area contributed by atoms with E-state index < -0.39 is 0 Å². The van der Waals surface area contributed by atoms with Gasteiger partial charge in [0.2, 0.25) is 5.91 Å². The van der Waals surface area contributed by atoms with Gasteiger partial charge in [0.25, 0.3) is 5.91 Å². The van der Waals surface area contributed by atoms with Gasteiger partial charge >= 0.3 is 0 Å². The van der Waals surface area contributed by atoms with Crippen molar-refractivity contribution >= 4 is 17.5 Å². The van der Waals surface area contributed by atoms with E-state index >= 15 is 0 Å². The Morgan fingerprint density at radius 3 is 2.45 bits per heavy atom. The van der Waals surface area contributed by atoms with E-state index in [1.54, 1.807) is 11.9 Å². The van der Waals surface area contributed by atoms with Crippen LogP contribution in [0.15, 0.2) is 51.8 Å². The number of hydrogen-bond donors (Lipinski definition) is 0. The zero-order valence-corrected chi connectivity index (χ0v) is 12.9. The van der Waals surface area contributed by atoms with Crippen molar-refractivity contribution in [3.05, 3.63) is 41.6 Å². The number of carbonyl (C=O) groups excluding carboxylic acids is 2. The quantitative estimate of drug-likeness (QED) is 0.843. The SMILES string of the molecule is CC(=O)N1C(C2=C(C)N=NC2=O)CC(C)N1c1ccccc1. The van der Waals surface area contributed by atoms with Crippen molar-refractivity contribution in [2.45, 2.75) is 39.3 Å². The van der Waals surface area contributed by atoms with Gasteiger partial charge in [-0.05, 0) is 32.4 Å². The third-order valence-corrected chi connectivity index (χ3v) is 4.10. The molecule has 3 rings (SSSR count). The minimum Gasteiger partial charge on any atom is -0.280 e. The Bertz CT molecular complexity index is 681. The second-order valence-electron chi connectivity index (χ2n) is 5.65. The highest BCUT2D eigenvalue weighted by Gasteiger charge is 2.44. The Morgan fingerprint density at radius 1 is 1.23 bits per heavy atom. The van der Waals surface area contributed by atoms with Gasteiger partial charge in [0, 0.05) is 6.92 Å². The molecule has 6 heteroatoms. The molecule has 2 unspecified atom stereocenters. The predicted molar refractivity (Wildman–Crippen MR) is 81.9 cm³/mol. The number of para-hydroxylation sites is 1. The van der Waals surface area contributed by atoms with Gasteiger partial charge in [0.15, 0.2) is 0 Å². The monoisotopic (exact) mass is 298 g/mol. The first-order chi connectivity index (χ1) is 10.5. The third kappa shape index (κ3) is 2.20. The molecule has 6 nitrogen and oxygen atoms in total. The van der Waals surface area contributed by atoms with E-state index in [0.29, 0.717) is 17.7 Å². The first-order valence-electron chi connectivity index (χ1n) is 7.31. The molecule has 2 amide bonds. The molecule has 0 aliphatic carbocycles. The fourth-order valence-electron chi connectivity index (χ4n) is 3.22. The Kier molecular flexibility index (Phi) is 3.52. The molecule has 0 saturated carbocycles. The number of nitrogens with zero attached hydrogens (tertiary/aromatic N) is 4. The zero-order valence-electron chi connectivity index (χ0n) is 12.9. The van der Waals surface area contributed by atoms with Crippen LogP contribution in [0.4, 0.5) is 5.69 Å². The molecular formula is C16H18N4O2. The molecule has 0 N–H and O–H groups in total. The summed E-state index contributed by atoms with van der Waals surface area (Å²) in [5.41, 5.74) is 2.06. The minimum absolute atomic E-state index is 0.0989. The number of amides is 2. The third-order valence-electron chi connectivity index (χ3n) is 4.10. The van der Waals surface area contributed by atoms with Gasteiger partial charge in [-0.1, -0.05) is 18.2 Å². The zero-order chi connectivity index (χ0) is 15.9. The van der Waals surface area contributed by atoms with Crippen molar-refractivity contribution in [3.63, 3.8) is 0 Å². The molecule has 2 aliphatic rings. The van der Waals surface area contributed by atoms with E-state index in [9.17, 15) is 9.59 Å². The molecule has 0 aromatic heterocycles. The predicted octanol–water partition coefficient (Wildman–Crippen LogP) is 2.68. The Labute approximate surface area is 129 Å². The van der Waals surface area contributed by atoms with Crippen LogP contribution >= 0.6 is 0 Å². The van der Waals surface area contributed by atoms with Crippen LogP contribution in [-0.4, -0.2) is 28.9 Å². The maximum Gasteiger partial charge on any atom is 0.295 e. The van der Waals surface area contributed by atoms with Crippen LogP contribution in [0, 0.1) is 0 Å². The number of rotatable bonds is 2. The van der Waals surface area contributed by atoms with Crippen molar-refractivity contribution in [3.8, 4) is 0 Å². The summed E-state index contributed by atoms with van der Waals surface area (Å²) in [5, 5.41) is 11.1. The second-order valence-corrected chi connectivity index (χ2v) is 5.65. The number of hydrogen-bond acceptors (Lipinski definition) is 4. The number of benzene rings is 1. The van der Waals surface area contributed by atoms with E-state index in [4.69, 9.17) is 0 Å². The number of azo groups is 1. The summed E-state index contributed by atoms with van der Waals surface area (Å²) in [6, 6.07) is 9.51. The molecule has 2 atom stereocenters. The standard InChI is InChI=1S/C16H18N4O2/c1-10-9-14(15-11(2)17-18-16(15)22)20(12(3)21)19(10)13-7-5-4-6-8-13/h4-8,10,14H,9H2,1-3H3. The van der Waals surface area contributed by atoms with Crippen LogP contribution in [-0.2, 0) is 9.59 Å². The molecule has 2 aliphatic heterocycles. The molecule has 22 heavy (non-hydrogen) atoms. The molecule has 114 valence electrons.